The molecule has 0 aliphatic carbocycles. The molecule has 1 aromatic carbocycles. The summed E-state index contributed by atoms with van der Waals surface area (Å²) >= 11 is 0. The molecule has 1 saturated heterocycles. The van der Waals surface area contributed by atoms with Gasteiger partial charge in [0.05, 0.1) is 12.5 Å². The Labute approximate surface area is 142 Å². The van der Waals surface area contributed by atoms with E-state index in [2.05, 4.69) is 5.32 Å². The van der Waals surface area contributed by atoms with E-state index in [0.29, 0.717) is 32.5 Å². The fourth-order valence-electron chi connectivity index (χ4n) is 2.83. The van der Waals surface area contributed by atoms with Crippen LogP contribution in [0.3, 0.4) is 0 Å². The van der Waals surface area contributed by atoms with Crippen LogP contribution in [-0.4, -0.2) is 43.9 Å². The lowest BCUT2D eigenvalue weighted by Crippen LogP contribution is -2.46. The lowest BCUT2D eigenvalue weighted by atomic mass is 9.80. The number of hydrogen-bond donors (Lipinski definition) is 2. The van der Waals surface area contributed by atoms with E-state index in [1.807, 2.05) is 24.3 Å². The van der Waals surface area contributed by atoms with Crippen molar-refractivity contribution in [2.24, 2.45) is 5.41 Å². The van der Waals surface area contributed by atoms with Crippen molar-refractivity contribution in [3.05, 3.63) is 29.8 Å². The van der Waals surface area contributed by atoms with Gasteiger partial charge >= 0.3 is 5.97 Å². The van der Waals surface area contributed by atoms with Gasteiger partial charge in [0.2, 0.25) is 5.91 Å². The van der Waals surface area contributed by atoms with Crippen LogP contribution in [0, 0.1) is 5.41 Å². The van der Waals surface area contributed by atoms with Crippen molar-refractivity contribution in [1.82, 2.24) is 5.32 Å². The number of ether oxygens (including phenoxy) is 2. The van der Waals surface area contributed by atoms with Crippen LogP contribution >= 0.6 is 0 Å². The fraction of sp³-hybridized carbons (Fsp3) is 0.556. The largest absolute Gasteiger partial charge is 0.497 e. The predicted molar refractivity (Wildman–Crippen MR) is 89.1 cm³/mol. The molecular formula is C18H25NO5. The van der Waals surface area contributed by atoms with Gasteiger partial charge in [-0.1, -0.05) is 12.1 Å². The summed E-state index contributed by atoms with van der Waals surface area (Å²) in [5.74, 6) is -0.146. The Bertz CT molecular complexity index is 549. The second kappa shape index (κ2) is 8.68. The van der Waals surface area contributed by atoms with Crippen molar-refractivity contribution in [2.45, 2.75) is 32.1 Å². The van der Waals surface area contributed by atoms with E-state index in [0.717, 1.165) is 24.2 Å². The van der Waals surface area contributed by atoms with Crippen LogP contribution < -0.4 is 10.1 Å². The first-order chi connectivity index (χ1) is 11.6. The van der Waals surface area contributed by atoms with Crippen LogP contribution in [0.2, 0.25) is 0 Å². The molecule has 2 N–H and O–H groups in total. The van der Waals surface area contributed by atoms with Crippen LogP contribution in [0.1, 0.15) is 31.2 Å². The van der Waals surface area contributed by atoms with Crippen molar-refractivity contribution in [3.8, 4) is 5.75 Å². The van der Waals surface area contributed by atoms with E-state index >= 15 is 0 Å². The first kappa shape index (κ1) is 18.3. The van der Waals surface area contributed by atoms with Gasteiger partial charge in [-0.3, -0.25) is 9.59 Å². The van der Waals surface area contributed by atoms with E-state index in [-0.39, 0.29) is 12.5 Å². The van der Waals surface area contributed by atoms with E-state index in [1.165, 1.54) is 0 Å². The highest BCUT2D eigenvalue weighted by Crippen LogP contribution is 2.30. The molecule has 24 heavy (non-hydrogen) atoms. The van der Waals surface area contributed by atoms with Crippen LogP contribution in [0.5, 0.6) is 5.75 Å². The summed E-state index contributed by atoms with van der Waals surface area (Å²) in [7, 11) is 1.63. The normalized spacial score (nSPS) is 16.4. The van der Waals surface area contributed by atoms with Gasteiger partial charge in [-0.05, 0) is 43.4 Å². The number of carbonyl (C=O) groups is 2. The molecule has 0 saturated carbocycles. The third kappa shape index (κ3) is 4.96. The number of hydrogen-bond acceptors (Lipinski definition) is 4. The molecule has 132 valence electrons. The maximum absolute atomic E-state index is 12.0. The summed E-state index contributed by atoms with van der Waals surface area (Å²) in [6.45, 7) is 1.03. The zero-order valence-corrected chi connectivity index (χ0v) is 14.0. The molecule has 1 fully saturated rings. The van der Waals surface area contributed by atoms with Crippen LogP contribution in [0.15, 0.2) is 24.3 Å². The molecule has 1 aliphatic rings. The Hall–Kier alpha value is -2.08. The molecular weight excluding hydrogens is 310 g/mol. The van der Waals surface area contributed by atoms with E-state index < -0.39 is 11.4 Å². The number of carboxylic acid groups (broad SMARTS) is 1. The van der Waals surface area contributed by atoms with Crippen molar-refractivity contribution in [2.75, 3.05) is 26.9 Å². The highest BCUT2D eigenvalue weighted by molar-refractivity contribution is 5.79. The molecule has 1 aromatic rings. The van der Waals surface area contributed by atoms with Gasteiger partial charge in [-0.25, -0.2) is 0 Å². The Balaban J connectivity index is 1.73. The minimum absolute atomic E-state index is 0.101. The molecule has 6 nitrogen and oxygen atoms in total. The Kier molecular flexibility index (Phi) is 6.61. The number of benzene rings is 1. The van der Waals surface area contributed by atoms with Crippen LogP contribution in [0.25, 0.3) is 0 Å². The standard InChI is InChI=1S/C18H25NO5/c1-23-15-7-5-14(6-8-15)3-2-4-16(20)19-13-18(17(21)22)9-11-24-12-10-18/h5-8H,2-4,9-13H2,1H3,(H,19,20)(H,21,22). The number of methoxy groups -OCH3 is 1. The van der Waals surface area contributed by atoms with E-state index in [9.17, 15) is 14.7 Å². The highest BCUT2D eigenvalue weighted by Gasteiger charge is 2.40. The molecule has 0 bridgehead atoms. The van der Waals surface area contributed by atoms with Crippen LogP contribution in [0.4, 0.5) is 0 Å². The van der Waals surface area contributed by atoms with Gasteiger partial charge in [0.1, 0.15) is 5.75 Å². The minimum Gasteiger partial charge on any atom is -0.497 e. The van der Waals surface area contributed by atoms with Crippen molar-refractivity contribution < 1.29 is 24.2 Å². The van der Waals surface area contributed by atoms with E-state index in [4.69, 9.17) is 9.47 Å². The third-order valence-corrected chi connectivity index (χ3v) is 4.56. The molecule has 0 atom stereocenters. The molecule has 0 spiro atoms. The minimum atomic E-state index is -0.885. The SMILES string of the molecule is COc1ccc(CCCC(=O)NCC2(C(=O)O)CCOCC2)cc1. The molecule has 6 heteroatoms. The smallest absolute Gasteiger partial charge is 0.311 e. The molecule has 0 aromatic heterocycles. The Morgan fingerprint density at radius 1 is 1.25 bits per heavy atom. The number of aryl methyl sites for hydroxylation is 1. The second-order valence-corrected chi connectivity index (χ2v) is 6.18. The molecule has 0 radical (unpaired) electrons. The van der Waals surface area contributed by atoms with Crippen molar-refractivity contribution >= 4 is 11.9 Å². The number of amides is 1. The molecule has 1 aliphatic heterocycles. The summed E-state index contributed by atoms with van der Waals surface area (Å²) in [6.07, 6.45) is 2.79. The number of aliphatic carboxylic acids is 1. The van der Waals surface area contributed by atoms with E-state index in [1.54, 1.807) is 7.11 Å². The summed E-state index contributed by atoms with van der Waals surface area (Å²) in [6, 6.07) is 7.77. The highest BCUT2D eigenvalue weighted by atomic mass is 16.5. The van der Waals surface area contributed by atoms with Crippen molar-refractivity contribution in [1.29, 1.82) is 0 Å². The molecule has 2 rings (SSSR count). The number of rotatable bonds is 8. The zero-order chi connectivity index (χ0) is 17.4. The van der Waals surface area contributed by atoms with Gasteiger partial charge in [0, 0.05) is 26.2 Å². The molecule has 1 heterocycles. The maximum Gasteiger partial charge on any atom is 0.311 e. The quantitative estimate of drug-likeness (QED) is 0.759. The first-order valence-corrected chi connectivity index (χ1v) is 8.26. The Morgan fingerprint density at radius 3 is 2.50 bits per heavy atom. The van der Waals surface area contributed by atoms with Gasteiger partial charge in [-0.15, -0.1) is 0 Å². The van der Waals surface area contributed by atoms with Gasteiger partial charge in [-0.2, -0.15) is 0 Å². The van der Waals surface area contributed by atoms with Gasteiger partial charge < -0.3 is 19.9 Å². The summed E-state index contributed by atoms with van der Waals surface area (Å²) in [5, 5.41) is 12.2. The van der Waals surface area contributed by atoms with Gasteiger partial charge in [0.15, 0.2) is 0 Å². The first-order valence-electron chi connectivity index (χ1n) is 8.26. The topological polar surface area (TPSA) is 84.9 Å². The average molecular weight is 335 g/mol. The number of nitrogens with one attached hydrogen (secondary N) is 1. The molecule has 1 amide bonds. The summed E-state index contributed by atoms with van der Waals surface area (Å²) in [4.78, 5) is 23.5. The zero-order valence-electron chi connectivity index (χ0n) is 14.0. The number of carbonyl (C=O) groups excluding carboxylic acids is 1. The third-order valence-electron chi connectivity index (χ3n) is 4.56. The summed E-state index contributed by atoms with van der Waals surface area (Å²) < 4.78 is 10.3. The average Bonchev–Trinajstić information content (AvgIpc) is 2.61. The fourth-order valence-corrected chi connectivity index (χ4v) is 2.83. The van der Waals surface area contributed by atoms with Gasteiger partial charge in [0.25, 0.3) is 0 Å². The lowest BCUT2D eigenvalue weighted by molar-refractivity contribution is -0.154. The molecule has 0 unspecified atom stereocenters. The lowest BCUT2D eigenvalue weighted by Gasteiger charge is -2.33. The summed E-state index contributed by atoms with van der Waals surface area (Å²) in [5.41, 5.74) is 0.263. The Morgan fingerprint density at radius 2 is 1.92 bits per heavy atom. The monoisotopic (exact) mass is 335 g/mol. The van der Waals surface area contributed by atoms with Crippen molar-refractivity contribution in [3.63, 3.8) is 0 Å². The maximum atomic E-state index is 12.0. The second-order valence-electron chi connectivity index (χ2n) is 6.18. The van der Waals surface area contributed by atoms with Crippen LogP contribution in [-0.2, 0) is 20.7 Å². The number of carboxylic acids is 1. The predicted octanol–water partition coefficient (Wildman–Crippen LogP) is 2.02.